The maximum atomic E-state index is 12.8. The summed E-state index contributed by atoms with van der Waals surface area (Å²) >= 11 is 0. The number of carbonyl (C=O) groups is 2. The summed E-state index contributed by atoms with van der Waals surface area (Å²) in [5.41, 5.74) is 2.75. The van der Waals surface area contributed by atoms with Gasteiger partial charge in [0.05, 0.1) is 5.92 Å². The molecule has 0 radical (unpaired) electrons. The smallest absolute Gasteiger partial charge is 0.321 e. The minimum Gasteiger partial charge on any atom is -0.326 e. The molecule has 1 saturated heterocycles. The molecule has 0 spiro atoms. The molecule has 1 fully saturated rings. The van der Waals surface area contributed by atoms with Gasteiger partial charge in [0.15, 0.2) is 0 Å². The molecular formula is C22H27N3O2. The Balaban J connectivity index is 1.62. The van der Waals surface area contributed by atoms with Gasteiger partial charge in [0, 0.05) is 24.5 Å². The predicted octanol–water partition coefficient (Wildman–Crippen LogP) is 4.69. The summed E-state index contributed by atoms with van der Waals surface area (Å²) in [6.45, 7) is 5.34. The Hall–Kier alpha value is -2.82. The van der Waals surface area contributed by atoms with Gasteiger partial charge < -0.3 is 15.5 Å². The van der Waals surface area contributed by atoms with Crippen LogP contribution in [0.4, 0.5) is 16.2 Å². The van der Waals surface area contributed by atoms with Crippen molar-refractivity contribution in [3.8, 4) is 0 Å². The monoisotopic (exact) mass is 365 g/mol. The highest BCUT2D eigenvalue weighted by Gasteiger charge is 2.29. The normalized spacial score (nSPS) is 16.9. The van der Waals surface area contributed by atoms with E-state index in [4.69, 9.17) is 0 Å². The topological polar surface area (TPSA) is 61.4 Å². The van der Waals surface area contributed by atoms with E-state index in [0.717, 1.165) is 29.8 Å². The fourth-order valence-corrected chi connectivity index (χ4v) is 3.45. The third-order valence-electron chi connectivity index (χ3n) is 4.95. The van der Waals surface area contributed by atoms with E-state index in [1.54, 1.807) is 4.90 Å². The molecule has 5 nitrogen and oxygen atoms in total. The van der Waals surface area contributed by atoms with E-state index in [0.29, 0.717) is 19.0 Å². The van der Waals surface area contributed by atoms with Crippen LogP contribution in [0.5, 0.6) is 0 Å². The van der Waals surface area contributed by atoms with Crippen molar-refractivity contribution in [2.45, 2.75) is 32.6 Å². The van der Waals surface area contributed by atoms with Crippen LogP contribution in [0.2, 0.25) is 0 Å². The van der Waals surface area contributed by atoms with E-state index in [9.17, 15) is 9.59 Å². The van der Waals surface area contributed by atoms with Gasteiger partial charge in [-0.25, -0.2) is 4.79 Å². The zero-order valence-electron chi connectivity index (χ0n) is 15.9. The number of piperidine rings is 1. The molecule has 2 aromatic carbocycles. The summed E-state index contributed by atoms with van der Waals surface area (Å²) in [7, 11) is 0. The van der Waals surface area contributed by atoms with Gasteiger partial charge in [0.25, 0.3) is 0 Å². The molecule has 0 saturated carbocycles. The molecule has 2 N–H and O–H groups in total. The average molecular weight is 365 g/mol. The third kappa shape index (κ3) is 4.88. The number of para-hydroxylation sites is 2. The number of anilines is 2. The highest BCUT2D eigenvalue weighted by atomic mass is 16.2. The van der Waals surface area contributed by atoms with Gasteiger partial charge in [-0.15, -0.1) is 0 Å². The molecule has 1 aliphatic rings. The van der Waals surface area contributed by atoms with E-state index in [1.165, 1.54) is 0 Å². The van der Waals surface area contributed by atoms with E-state index < -0.39 is 0 Å². The molecular weight excluding hydrogens is 338 g/mol. The molecule has 0 aliphatic carbocycles. The quantitative estimate of drug-likeness (QED) is 0.825. The van der Waals surface area contributed by atoms with Crippen molar-refractivity contribution in [2.24, 2.45) is 5.92 Å². The van der Waals surface area contributed by atoms with Crippen LogP contribution in [0.1, 0.15) is 38.2 Å². The number of likely N-dealkylation sites (tertiary alicyclic amines) is 1. The Labute approximate surface area is 160 Å². The van der Waals surface area contributed by atoms with Crippen LogP contribution in [-0.2, 0) is 4.79 Å². The van der Waals surface area contributed by atoms with Gasteiger partial charge in [-0.05, 0) is 42.5 Å². The van der Waals surface area contributed by atoms with Gasteiger partial charge >= 0.3 is 6.03 Å². The zero-order chi connectivity index (χ0) is 19.2. The van der Waals surface area contributed by atoms with Crippen LogP contribution < -0.4 is 10.6 Å². The lowest BCUT2D eigenvalue weighted by Crippen LogP contribution is -2.45. The summed E-state index contributed by atoms with van der Waals surface area (Å²) < 4.78 is 0. The van der Waals surface area contributed by atoms with E-state index in [-0.39, 0.29) is 17.9 Å². The molecule has 0 aromatic heterocycles. The maximum Gasteiger partial charge on any atom is 0.321 e. The molecule has 2 aromatic rings. The maximum absolute atomic E-state index is 12.8. The molecule has 0 bridgehead atoms. The Morgan fingerprint density at radius 3 is 2.44 bits per heavy atom. The Bertz CT molecular complexity index is 789. The number of rotatable bonds is 4. The van der Waals surface area contributed by atoms with Crippen LogP contribution in [0.25, 0.3) is 0 Å². The third-order valence-corrected chi connectivity index (χ3v) is 4.95. The van der Waals surface area contributed by atoms with Crippen molar-refractivity contribution in [1.29, 1.82) is 0 Å². The predicted molar refractivity (Wildman–Crippen MR) is 109 cm³/mol. The van der Waals surface area contributed by atoms with Crippen molar-refractivity contribution in [3.05, 3.63) is 60.2 Å². The number of benzene rings is 2. The Morgan fingerprint density at radius 1 is 1.00 bits per heavy atom. The molecule has 3 amide bonds. The van der Waals surface area contributed by atoms with Gasteiger partial charge in [-0.2, -0.15) is 0 Å². The fourth-order valence-electron chi connectivity index (χ4n) is 3.45. The first-order chi connectivity index (χ1) is 13.0. The first-order valence-electron chi connectivity index (χ1n) is 9.55. The van der Waals surface area contributed by atoms with Crippen LogP contribution >= 0.6 is 0 Å². The number of carbonyl (C=O) groups excluding carboxylic acids is 2. The van der Waals surface area contributed by atoms with Crippen molar-refractivity contribution in [2.75, 3.05) is 23.7 Å². The number of nitrogens with one attached hydrogen (secondary N) is 2. The average Bonchev–Trinajstić information content (AvgIpc) is 2.69. The van der Waals surface area contributed by atoms with Gasteiger partial charge in [-0.3, -0.25) is 4.79 Å². The SMILES string of the molecule is CC(C)c1ccccc1NC(=O)C1CCCN(C(=O)Nc2ccccc2)C1. The molecule has 3 rings (SSSR count). The van der Waals surface area contributed by atoms with Crippen molar-refractivity contribution in [1.82, 2.24) is 4.90 Å². The Kier molecular flexibility index (Phi) is 6.12. The molecule has 27 heavy (non-hydrogen) atoms. The van der Waals surface area contributed by atoms with E-state index in [2.05, 4.69) is 24.5 Å². The van der Waals surface area contributed by atoms with Gasteiger partial charge in [-0.1, -0.05) is 50.2 Å². The minimum atomic E-state index is -0.194. The summed E-state index contributed by atoms with van der Waals surface area (Å²) in [5, 5.41) is 5.97. The largest absolute Gasteiger partial charge is 0.326 e. The molecule has 1 unspecified atom stereocenters. The molecule has 1 atom stereocenters. The lowest BCUT2D eigenvalue weighted by molar-refractivity contribution is -0.121. The van der Waals surface area contributed by atoms with Crippen LogP contribution in [-0.4, -0.2) is 29.9 Å². The first-order valence-corrected chi connectivity index (χ1v) is 9.55. The summed E-state index contributed by atoms with van der Waals surface area (Å²) in [6, 6.07) is 17.1. The second-order valence-electron chi connectivity index (χ2n) is 7.31. The lowest BCUT2D eigenvalue weighted by atomic mass is 9.96. The van der Waals surface area contributed by atoms with Crippen molar-refractivity contribution in [3.63, 3.8) is 0 Å². The number of hydrogen-bond donors (Lipinski definition) is 2. The van der Waals surface area contributed by atoms with Gasteiger partial charge in [0.1, 0.15) is 0 Å². The molecule has 1 heterocycles. The van der Waals surface area contributed by atoms with Crippen molar-refractivity contribution >= 4 is 23.3 Å². The molecule has 5 heteroatoms. The summed E-state index contributed by atoms with van der Waals surface area (Å²) in [6.07, 6.45) is 1.62. The van der Waals surface area contributed by atoms with E-state index in [1.807, 2.05) is 54.6 Å². The lowest BCUT2D eigenvalue weighted by Gasteiger charge is -2.32. The Morgan fingerprint density at radius 2 is 1.70 bits per heavy atom. The highest BCUT2D eigenvalue weighted by Crippen LogP contribution is 2.25. The second-order valence-corrected chi connectivity index (χ2v) is 7.31. The van der Waals surface area contributed by atoms with Crippen LogP contribution in [0.15, 0.2) is 54.6 Å². The zero-order valence-corrected chi connectivity index (χ0v) is 15.9. The summed E-state index contributed by atoms with van der Waals surface area (Å²) in [4.78, 5) is 27.1. The second kappa shape index (κ2) is 8.71. The summed E-state index contributed by atoms with van der Waals surface area (Å²) in [5.74, 6) is 0.127. The number of urea groups is 1. The van der Waals surface area contributed by atoms with E-state index >= 15 is 0 Å². The molecule has 1 aliphatic heterocycles. The number of amides is 3. The fraction of sp³-hybridized carbons (Fsp3) is 0.364. The number of hydrogen-bond acceptors (Lipinski definition) is 2. The minimum absolute atomic E-state index is 0.0136. The highest BCUT2D eigenvalue weighted by molar-refractivity contribution is 5.94. The van der Waals surface area contributed by atoms with Crippen LogP contribution in [0, 0.1) is 5.92 Å². The standard InChI is InChI=1S/C22H27N3O2/c1-16(2)19-12-6-7-13-20(19)24-21(26)17-9-8-14-25(15-17)22(27)23-18-10-4-3-5-11-18/h3-7,10-13,16-17H,8-9,14-15H2,1-2H3,(H,23,27)(H,24,26). The van der Waals surface area contributed by atoms with Gasteiger partial charge in [0.2, 0.25) is 5.91 Å². The van der Waals surface area contributed by atoms with Crippen LogP contribution in [0.3, 0.4) is 0 Å². The first kappa shape index (κ1) is 19.0. The molecule has 142 valence electrons. The number of nitrogens with zero attached hydrogens (tertiary/aromatic N) is 1. The van der Waals surface area contributed by atoms with Crippen molar-refractivity contribution < 1.29 is 9.59 Å².